The zero-order valence-electron chi connectivity index (χ0n) is 13.6. The Labute approximate surface area is 128 Å². The molecule has 0 aromatic heterocycles. The first-order valence-electron chi connectivity index (χ1n) is 8.24. The number of likely N-dealkylation sites (tertiary alicyclic amines) is 1. The highest BCUT2D eigenvalue weighted by atomic mass is 16.2. The molecule has 21 heavy (non-hydrogen) atoms. The van der Waals surface area contributed by atoms with Crippen molar-refractivity contribution in [2.45, 2.75) is 40.2 Å². The number of carbonyl (C=O) groups excluding carboxylic acids is 1. The van der Waals surface area contributed by atoms with Gasteiger partial charge in [-0.25, -0.2) is 0 Å². The number of hydrogen-bond donors (Lipinski definition) is 0. The molecule has 1 aliphatic rings. The van der Waals surface area contributed by atoms with Gasteiger partial charge in [-0.3, -0.25) is 9.69 Å². The minimum absolute atomic E-state index is 0.191. The summed E-state index contributed by atoms with van der Waals surface area (Å²) in [5.74, 6) is 0.946. The summed E-state index contributed by atoms with van der Waals surface area (Å²) < 4.78 is 0. The fourth-order valence-corrected chi connectivity index (χ4v) is 2.85. The van der Waals surface area contributed by atoms with Crippen LogP contribution in [0.15, 0.2) is 24.3 Å². The number of piperidine rings is 1. The van der Waals surface area contributed by atoms with Crippen LogP contribution in [0.25, 0.3) is 0 Å². The molecule has 0 unspecified atom stereocenters. The lowest BCUT2D eigenvalue weighted by Gasteiger charge is -2.30. The van der Waals surface area contributed by atoms with Crippen LogP contribution < -0.4 is 0 Å². The topological polar surface area (TPSA) is 23.6 Å². The van der Waals surface area contributed by atoms with Gasteiger partial charge in [0.25, 0.3) is 5.91 Å². The number of amides is 1. The van der Waals surface area contributed by atoms with Gasteiger partial charge in [0.2, 0.25) is 0 Å². The van der Waals surface area contributed by atoms with E-state index >= 15 is 0 Å². The summed E-state index contributed by atoms with van der Waals surface area (Å²) in [5, 5.41) is 0. The van der Waals surface area contributed by atoms with Crippen LogP contribution in [0.3, 0.4) is 0 Å². The molecule has 0 bridgehead atoms. The van der Waals surface area contributed by atoms with Crippen molar-refractivity contribution in [3.05, 3.63) is 35.4 Å². The summed E-state index contributed by atoms with van der Waals surface area (Å²) in [6.07, 6.45) is 2.26. The van der Waals surface area contributed by atoms with E-state index in [4.69, 9.17) is 0 Å². The van der Waals surface area contributed by atoms with Gasteiger partial charge in [-0.1, -0.05) is 32.9 Å². The van der Waals surface area contributed by atoms with E-state index < -0.39 is 0 Å². The van der Waals surface area contributed by atoms with Gasteiger partial charge in [-0.2, -0.15) is 0 Å². The van der Waals surface area contributed by atoms with Crippen molar-refractivity contribution in [1.29, 1.82) is 0 Å². The molecule has 3 heteroatoms. The maximum Gasteiger partial charge on any atom is 0.253 e. The molecule has 116 valence electrons. The molecule has 1 saturated heterocycles. The van der Waals surface area contributed by atoms with E-state index in [0.29, 0.717) is 0 Å². The van der Waals surface area contributed by atoms with Gasteiger partial charge >= 0.3 is 0 Å². The molecular weight excluding hydrogens is 260 g/mol. The molecule has 0 atom stereocenters. The Kier molecular flexibility index (Phi) is 5.80. The lowest BCUT2D eigenvalue weighted by Crippen LogP contribution is -2.37. The Morgan fingerprint density at radius 1 is 1.14 bits per heavy atom. The molecule has 1 aromatic carbocycles. The summed E-state index contributed by atoms with van der Waals surface area (Å²) in [5.41, 5.74) is 2.11. The summed E-state index contributed by atoms with van der Waals surface area (Å²) in [6.45, 7) is 11.5. The average molecular weight is 288 g/mol. The van der Waals surface area contributed by atoms with Crippen molar-refractivity contribution in [2.75, 3.05) is 26.2 Å². The van der Waals surface area contributed by atoms with Crippen molar-refractivity contribution < 1.29 is 4.79 Å². The lowest BCUT2D eigenvalue weighted by molar-refractivity contribution is 0.0697. The van der Waals surface area contributed by atoms with Crippen molar-refractivity contribution in [1.82, 2.24) is 9.80 Å². The predicted octanol–water partition coefficient (Wildman–Crippen LogP) is 3.40. The van der Waals surface area contributed by atoms with Crippen LogP contribution >= 0.6 is 0 Å². The second-order valence-electron chi connectivity index (χ2n) is 6.13. The third-order valence-corrected chi connectivity index (χ3v) is 4.57. The van der Waals surface area contributed by atoms with Crippen molar-refractivity contribution in [2.24, 2.45) is 5.92 Å². The standard InChI is InChI=1S/C18H28N2O/c1-4-19(5-2)14-16-6-8-17(9-7-16)18(21)20-12-10-15(3)11-13-20/h6-9,15H,4-5,10-14H2,1-3H3. The van der Waals surface area contributed by atoms with Gasteiger partial charge < -0.3 is 4.90 Å². The molecule has 1 heterocycles. The van der Waals surface area contributed by atoms with Crippen LogP contribution in [0.4, 0.5) is 0 Å². The molecule has 0 spiro atoms. The fourth-order valence-electron chi connectivity index (χ4n) is 2.85. The Morgan fingerprint density at radius 2 is 1.71 bits per heavy atom. The largest absolute Gasteiger partial charge is 0.339 e. The zero-order valence-corrected chi connectivity index (χ0v) is 13.6. The monoisotopic (exact) mass is 288 g/mol. The number of benzene rings is 1. The van der Waals surface area contributed by atoms with Gasteiger partial charge in [0.05, 0.1) is 0 Å². The van der Waals surface area contributed by atoms with Gasteiger partial charge in [-0.05, 0) is 49.5 Å². The molecule has 3 nitrogen and oxygen atoms in total. The molecule has 2 rings (SSSR count). The summed E-state index contributed by atoms with van der Waals surface area (Å²) in [7, 11) is 0. The maximum absolute atomic E-state index is 12.5. The molecule has 1 aliphatic heterocycles. The molecule has 1 aromatic rings. The van der Waals surface area contributed by atoms with Gasteiger partial charge in [0.1, 0.15) is 0 Å². The molecule has 1 amide bonds. The van der Waals surface area contributed by atoms with E-state index in [0.717, 1.165) is 57.0 Å². The van der Waals surface area contributed by atoms with Crippen LogP contribution in [0, 0.1) is 5.92 Å². The molecule has 0 N–H and O–H groups in total. The van der Waals surface area contributed by atoms with E-state index in [2.05, 4.69) is 37.8 Å². The minimum Gasteiger partial charge on any atom is -0.339 e. The first-order valence-corrected chi connectivity index (χ1v) is 8.24. The molecule has 0 aliphatic carbocycles. The average Bonchev–Trinajstić information content (AvgIpc) is 2.53. The Hall–Kier alpha value is -1.35. The second kappa shape index (κ2) is 7.60. The third-order valence-electron chi connectivity index (χ3n) is 4.57. The Balaban J connectivity index is 1.96. The zero-order chi connectivity index (χ0) is 15.2. The maximum atomic E-state index is 12.5. The van der Waals surface area contributed by atoms with Crippen molar-refractivity contribution in [3.8, 4) is 0 Å². The molecule has 0 saturated carbocycles. The highest BCUT2D eigenvalue weighted by Crippen LogP contribution is 2.18. The molecular formula is C18H28N2O. The SMILES string of the molecule is CCN(CC)Cc1ccc(C(=O)N2CCC(C)CC2)cc1. The van der Waals surface area contributed by atoms with E-state index in [1.54, 1.807) is 0 Å². The van der Waals surface area contributed by atoms with Gasteiger partial charge in [0.15, 0.2) is 0 Å². The summed E-state index contributed by atoms with van der Waals surface area (Å²) in [4.78, 5) is 16.8. The van der Waals surface area contributed by atoms with Crippen molar-refractivity contribution >= 4 is 5.91 Å². The first-order chi connectivity index (χ1) is 10.1. The first kappa shape index (κ1) is 16.0. The highest BCUT2D eigenvalue weighted by molar-refractivity contribution is 5.94. The summed E-state index contributed by atoms with van der Waals surface area (Å²) in [6, 6.07) is 8.16. The van der Waals surface area contributed by atoms with E-state index in [9.17, 15) is 4.79 Å². The van der Waals surface area contributed by atoms with E-state index in [-0.39, 0.29) is 5.91 Å². The normalized spacial score (nSPS) is 16.5. The number of rotatable bonds is 5. The smallest absolute Gasteiger partial charge is 0.253 e. The second-order valence-corrected chi connectivity index (χ2v) is 6.13. The number of carbonyl (C=O) groups is 1. The summed E-state index contributed by atoms with van der Waals surface area (Å²) >= 11 is 0. The van der Waals surface area contributed by atoms with Crippen molar-refractivity contribution in [3.63, 3.8) is 0 Å². The number of nitrogens with zero attached hydrogens (tertiary/aromatic N) is 2. The van der Waals surface area contributed by atoms with Crippen LogP contribution in [0.5, 0.6) is 0 Å². The van der Waals surface area contributed by atoms with Crippen LogP contribution in [0.2, 0.25) is 0 Å². The number of hydrogen-bond acceptors (Lipinski definition) is 2. The quantitative estimate of drug-likeness (QED) is 0.829. The van der Waals surface area contributed by atoms with Crippen LogP contribution in [-0.2, 0) is 6.54 Å². The Bertz CT molecular complexity index is 443. The van der Waals surface area contributed by atoms with Crippen LogP contribution in [-0.4, -0.2) is 41.9 Å². The third kappa shape index (κ3) is 4.31. The van der Waals surface area contributed by atoms with E-state index in [1.165, 1.54) is 5.56 Å². The van der Waals surface area contributed by atoms with E-state index in [1.807, 2.05) is 17.0 Å². The molecule has 0 radical (unpaired) electrons. The van der Waals surface area contributed by atoms with Gasteiger partial charge in [0, 0.05) is 25.2 Å². The van der Waals surface area contributed by atoms with Crippen LogP contribution in [0.1, 0.15) is 49.5 Å². The highest BCUT2D eigenvalue weighted by Gasteiger charge is 2.21. The Morgan fingerprint density at radius 3 is 2.24 bits per heavy atom. The fraction of sp³-hybridized carbons (Fsp3) is 0.611. The minimum atomic E-state index is 0.191. The lowest BCUT2D eigenvalue weighted by atomic mass is 9.98. The predicted molar refractivity (Wildman–Crippen MR) is 87.4 cm³/mol. The molecule has 1 fully saturated rings. The van der Waals surface area contributed by atoms with Gasteiger partial charge in [-0.15, -0.1) is 0 Å².